The minimum absolute atomic E-state index is 0.0310. The summed E-state index contributed by atoms with van der Waals surface area (Å²) in [6.07, 6.45) is 0. The zero-order valence-electron chi connectivity index (χ0n) is 13.1. The third-order valence-corrected chi connectivity index (χ3v) is 3.92. The predicted octanol–water partition coefficient (Wildman–Crippen LogP) is 3.72. The quantitative estimate of drug-likeness (QED) is 0.735. The fourth-order valence-corrected chi connectivity index (χ4v) is 2.44. The third-order valence-electron chi connectivity index (χ3n) is 2.99. The van der Waals surface area contributed by atoms with Gasteiger partial charge in [0, 0.05) is 11.8 Å². The highest BCUT2D eigenvalue weighted by molar-refractivity contribution is 7.99. The molecule has 2 aromatic rings. The van der Waals surface area contributed by atoms with Crippen LogP contribution in [0.3, 0.4) is 0 Å². The second-order valence-corrected chi connectivity index (χ2v) is 5.85. The zero-order valence-corrected chi connectivity index (χ0v) is 13.9. The lowest BCUT2D eigenvalue weighted by Crippen LogP contribution is -2.16. The van der Waals surface area contributed by atoms with Crippen LogP contribution in [0.4, 0.5) is 14.5 Å². The first-order valence-electron chi connectivity index (χ1n) is 7.18. The van der Waals surface area contributed by atoms with Crippen LogP contribution in [0.25, 0.3) is 0 Å². The van der Waals surface area contributed by atoms with Gasteiger partial charge in [0.25, 0.3) is 0 Å². The molecule has 0 aliphatic heterocycles. The molecule has 0 radical (unpaired) electrons. The normalized spacial score (nSPS) is 10.3. The van der Waals surface area contributed by atoms with Crippen LogP contribution < -0.4 is 14.8 Å². The Balaban J connectivity index is 1.65. The van der Waals surface area contributed by atoms with Crippen molar-refractivity contribution in [2.75, 3.05) is 30.5 Å². The van der Waals surface area contributed by atoms with E-state index in [1.165, 1.54) is 17.8 Å². The number of benzene rings is 2. The van der Waals surface area contributed by atoms with Gasteiger partial charge in [-0.1, -0.05) is 0 Å². The molecule has 0 spiro atoms. The minimum atomic E-state index is -0.795. The van der Waals surface area contributed by atoms with Crippen LogP contribution in [-0.4, -0.2) is 31.1 Å². The van der Waals surface area contributed by atoms with E-state index in [0.717, 1.165) is 17.9 Å². The maximum Gasteiger partial charge on any atom is 0.234 e. The van der Waals surface area contributed by atoms with Crippen LogP contribution in [0.15, 0.2) is 42.5 Å². The fraction of sp³-hybridized carbons (Fsp3) is 0.235. The van der Waals surface area contributed by atoms with Gasteiger partial charge in [0.05, 0.1) is 25.2 Å². The van der Waals surface area contributed by atoms with E-state index in [0.29, 0.717) is 18.1 Å². The average molecular weight is 353 g/mol. The molecule has 0 fully saturated rings. The van der Waals surface area contributed by atoms with Crippen LogP contribution in [0.2, 0.25) is 0 Å². The maximum atomic E-state index is 13.4. The Labute approximate surface area is 143 Å². The highest BCUT2D eigenvalue weighted by Crippen LogP contribution is 2.18. The Morgan fingerprint density at radius 2 is 1.83 bits per heavy atom. The lowest BCUT2D eigenvalue weighted by atomic mass is 10.3. The summed E-state index contributed by atoms with van der Waals surface area (Å²) < 4.78 is 36.8. The van der Waals surface area contributed by atoms with E-state index in [1.54, 1.807) is 31.4 Å². The van der Waals surface area contributed by atoms with E-state index in [1.807, 2.05) is 0 Å². The smallest absolute Gasteiger partial charge is 0.234 e. The summed E-state index contributed by atoms with van der Waals surface area (Å²) in [5.74, 6) is 0.395. The molecule has 24 heavy (non-hydrogen) atoms. The molecule has 2 aromatic carbocycles. The topological polar surface area (TPSA) is 47.6 Å². The molecule has 0 aliphatic rings. The number of halogens is 2. The van der Waals surface area contributed by atoms with Gasteiger partial charge in [0.2, 0.25) is 5.91 Å². The number of hydrogen-bond donors (Lipinski definition) is 1. The van der Waals surface area contributed by atoms with Crippen LogP contribution in [0, 0.1) is 11.6 Å². The van der Waals surface area contributed by atoms with Crippen LogP contribution in [0.1, 0.15) is 0 Å². The van der Waals surface area contributed by atoms with Gasteiger partial charge in [-0.2, -0.15) is 0 Å². The number of carbonyl (C=O) groups excluding carboxylic acids is 1. The highest BCUT2D eigenvalue weighted by atomic mass is 32.2. The summed E-state index contributed by atoms with van der Waals surface area (Å²) in [5.41, 5.74) is -0.0310. The van der Waals surface area contributed by atoms with Crippen molar-refractivity contribution in [2.24, 2.45) is 0 Å². The van der Waals surface area contributed by atoms with Gasteiger partial charge in [-0.25, -0.2) is 8.78 Å². The molecule has 0 bridgehead atoms. The van der Waals surface area contributed by atoms with Gasteiger partial charge >= 0.3 is 0 Å². The average Bonchev–Trinajstić information content (AvgIpc) is 2.57. The molecule has 0 heterocycles. The molecular weight excluding hydrogens is 336 g/mol. The zero-order chi connectivity index (χ0) is 17.4. The van der Waals surface area contributed by atoms with Crippen molar-refractivity contribution in [1.82, 2.24) is 0 Å². The molecule has 2 rings (SSSR count). The van der Waals surface area contributed by atoms with Gasteiger partial charge in [-0.05, 0) is 36.4 Å². The van der Waals surface area contributed by atoms with E-state index in [4.69, 9.17) is 9.47 Å². The summed E-state index contributed by atoms with van der Waals surface area (Å²) >= 11 is 1.36. The summed E-state index contributed by atoms with van der Waals surface area (Å²) in [6.45, 7) is 0.440. The Morgan fingerprint density at radius 3 is 2.50 bits per heavy atom. The minimum Gasteiger partial charge on any atom is -0.497 e. The molecule has 0 saturated heterocycles. The molecule has 0 atom stereocenters. The Morgan fingerprint density at radius 1 is 1.12 bits per heavy atom. The fourth-order valence-electron chi connectivity index (χ4n) is 1.83. The number of nitrogens with one attached hydrogen (secondary N) is 1. The standard InChI is InChI=1S/C17H17F2NO3S/c1-22-13-3-5-14(6-4-13)23-8-9-24-11-17(21)20-16-7-2-12(18)10-15(16)19/h2-7,10H,8-9,11H2,1H3,(H,20,21). The molecular formula is C17H17F2NO3S. The molecule has 0 saturated carbocycles. The van der Waals surface area contributed by atoms with Crippen LogP contribution in [-0.2, 0) is 4.79 Å². The highest BCUT2D eigenvalue weighted by Gasteiger charge is 2.08. The molecule has 1 amide bonds. The second kappa shape index (κ2) is 9.12. The summed E-state index contributed by atoms with van der Waals surface area (Å²) in [6, 6.07) is 10.2. The first-order valence-corrected chi connectivity index (χ1v) is 8.33. The summed E-state index contributed by atoms with van der Waals surface area (Å²) in [4.78, 5) is 11.7. The Kier molecular flexibility index (Phi) is 6.87. The number of rotatable bonds is 8. The van der Waals surface area contributed by atoms with Crippen molar-refractivity contribution < 1.29 is 23.0 Å². The molecule has 0 aliphatic carbocycles. The number of thioether (sulfide) groups is 1. The molecule has 7 heteroatoms. The SMILES string of the molecule is COc1ccc(OCCSCC(=O)Nc2ccc(F)cc2F)cc1. The number of hydrogen-bond acceptors (Lipinski definition) is 4. The van der Waals surface area contributed by atoms with Crippen molar-refractivity contribution in [2.45, 2.75) is 0 Å². The molecule has 128 valence electrons. The van der Waals surface area contributed by atoms with Crippen LogP contribution >= 0.6 is 11.8 Å². The molecule has 0 unspecified atom stereocenters. The van der Waals surface area contributed by atoms with Crippen LogP contribution in [0.5, 0.6) is 11.5 Å². The van der Waals surface area contributed by atoms with E-state index < -0.39 is 11.6 Å². The van der Waals surface area contributed by atoms with Crippen molar-refractivity contribution >= 4 is 23.4 Å². The molecule has 1 N–H and O–H groups in total. The molecule has 0 aromatic heterocycles. The maximum absolute atomic E-state index is 13.4. The van der Waals surface area contributed by atoms with Gasteiger partial charge < -0.3 is 14.8 Å². The Hall–Kier alpha value is -2.28. The van der Waals surface area contributed by atoms with Crippen molar-refractivity contribution in [3.63, 3.8) is 0 Å². The summed E-state index contributed by atoms with van der Waals surface area (Å²) in [7, 11) is 1.59. The number of ether oxygens (including phenoxy) is 2. The van der Waals surface area contributed by atoms with Gasteiger partial charge in [0.15, 0.2) is 0 Å². The lowest BCUT2D eigenvalue weighted by Gasteiger charge is -2.08. The van der Waals surface area contributed by atoms with E-state index in [9.17, 15) is 13.6 Å². The van der Waals surface area contributed by atoms with Crippen molar-refractivity contribution in [1.29, 1.82) is 0 Å². The predicted molar refractivity (Wildman–Crippen MR) is 90.8 cm³/mol. The molecule has 4 nitrogen and oxygen atoms in total. The van der Waals surface area contributed by atoms with E-state index in [-0.39, 0.29) is 17.3 Å². The van der Waals surface area contributed by atoms with Gasteiger partial charge in [-0.3, -0.25) is 4.79 Å². The third kappa shape index (κ3) is 5.73. The lowest BCUT2D eigenvalue weighted by molar-refractivity contribution is -0.113. The number of amides is 1. The van der Waals surface area contributed by atoms with E-state index >= 15 is 0 Å². The largest absolute Gasteiger partial charge is 0.497 e. The monoisotopic (exact) mass is 353 g/mol. The number of anilines is 1. The summed E-state index contributed by atoms with van der Waals surface area (Å²) in [5, 5.41) is 2.40. The first kappa shape index (κ1) is 18.1. The van der Waals surface area contributed by atoms with E-state index in [2.05, 4.69) is 5.32 Å². The second-order valence-electron chi connectivity index (χ2n) is 4.75. The number of carbonyl (C=O) groups is 1. The van der Waals surface area contributed by atoms with Crippen molar-refractivity contribution in [3.05, 3.63) is 54.1 Å². The number of methoxy groups -OCH3 is 1. The first-order chi connectivity index (χ1) is 11.6. The van der Waals surface area contributed by atoms with Gasteiger partial charge in [-0.15, -0.1) is 11.8 Å². The van der Waals surface area contributed by atoms with Gasteiger partial charge in [0.1, 0.15) is 23.1 Å². The Bertz CT molecular complexity index is 680. The van der Waals surface area contributed by atoms with Crippen molar-refractivity contribution in [3.8, 4) is 11.5 Å².